The van der Waals surface area contributed by atoms with Gasteiger partial charge in [0.05, 0.1) is 0 Å². The third-order valence-corrected chi connectivity index (χ3v) is 13.4. The van der Waals surface area contributed by atoms with Crippen molar-refractivity contribution in [2.75, 3.05) is 0 Å². The molecular weight excluding hydrogens is 434 g/mol. The lowest BCUT2D eigenvalue weighted by molar-refractivity contribution is 0.695. The Kier molecular flexibility index (Phi) is 5.98. The number of benzene rings is 4. The van der Waals surface area contributed by atoms with Gasteiger partial charge in [-0.3, -0.25) is 0 Å². The first-order chi connectivity index (χ1) is 16.4. The minimum Gasteiger partial charge on any atom is -0.0844 e. The average Bonchev–Trinajstić information content (AvgIpc) is 3.50. The average molecular weight is 463 g/mol. The van der Waals surface area contributed by atoms with Gasteiger partial charge in [-0.2, -0.15) is 0 Å². The fourth-order valence-electron chi connectivity index (χ4n) is 5.80. The van der Waals surface area contributed by atoms with Crippen molar-refractivity contribution in [3.8, 4) is 0 Å². The van der Waals surface area contributed by atoms with Gasteiger partial charge in [0.2, 0.25) is 0 Å². The second kappa shape index (κ2) is 9.38. The highest BCUT2D eigenvalue weighted by Gasteiger charge is 2.51. The van der Waals surface area contributed by atoms with Gasteiger partial charge in [-0.05, 0) is 55.3 Å². The molecular formula is C31H28P2. The fourth-order valence-corrected chi connectivity index (χ4v) is 12.8. The molecule has 0 aromatic heterocycles. The van der Waals surface area contributed by atoms with Gasteiger partial charge in [0.25, 0.3) is 0 Å². The first-order valence-corrected chi connectivity index (χ1v) is 14.7. The van der Waals surface area contributed by atoms with Crippen LogP contribution in [0.5, 0.6) is 0 Å². The summed E-state index contributed by atoms with van der Waals surface area (Å²) < 4.78 is 0. The first kappa shape index (κ1) is 21.0. The maximum atomic E-state index is 2.55. The van der Waals surface area contributed by atoms with E-state index in [2.05, 4.69) is 133 Å². The molecule has 0 heterocycles. The molecule has 0 spiro atoms. The van der Waals surface area contributed by atoms with Crippen LogP contribution in [-0.4, -0.2) is 11.3 Å². The summed E-state index contributed by atoms with van der Waals surface area (Å²) in [6.45, 7) is 0. The fraction of sp³-hybridized carbons (Fsp3) is 0.161. The highest BCUT2D eigenvalue weighted by atomic mass is 31.1. The van der Waals surface area contributed by atoms with E-state index in [1.807, 2.05) is 0 Å². The summed E-state index contributed by atoms with van der Waals surface area (Å²) in [5, 5.41) is 6.08. The molecule has 2 bridgehead atoms. The third kappa shape index (κ3) is 4.01. The predicted octanol–water partition coefficient (Wildman–Crippen LogP) is 6.20. The topological polar surface area (TPSA) is 0 Å². The van der Waals surface area contributed by atoms with Crippen molar-refractivity contribution in [1.82, 2.24) is 0 Å². The van der Waals surface area contributed by atoms with Crippen molar-refractivity contribution in [1.29, 1.82) is 0 Å². The summed E-state index contributed by atoms with van der Waals surface area (Å²) in [6.07, 6.45) is 6.42. The third-order valence-electron chi connectivity index (χ3n) is 7.11. The quantitative estimate of drug-likeness (QED) is 0.237. The van der Waals surface area contributed by atoms with E-state index in [9.17, 15) is 0 Å². The second-order valence-corrected chi connectivity index (χ2v) is 13.7. The molecule has 1 fully saturated rings. The molecule has 162 valence electrons. The van der Waals surface area contributed by atoms with Crippen LogP contribution in [0.2, 0.25) is 0 Å². The van der Waals surface area contributed by atoms with Crippen LogP contribution in [0.25, 0.3) is 0 Å². The van der Waals surface area contributed by atoms with E-state index in [0.29, 0.717) is 23.2 Å². The van der Waals surface area contributed by atoms with Crippen LogP contribution in [0.15, 0.2) is 133 Å². The standard InChI is InChI=1S/C31H28P2/c1-5-13-26(14-6-1)32(27-15-7-2-8-16-27)30-24-21-22-25(23-24)31(30)33(28-17-9-3-10-18-28)29-19-11-4-12-20-29/h1-22,24-25,30-31H,23H2/t24-,25+,30-,31-/m1/s1. The lowest BCUT2D eigenvalue weighted by Gasteiger charge is -2.40. The zero-order valence-electron chi connectivity index (χ0n) is 18.6. The number of hydrogen-bond donors (Lipinski definition) is 0. The van der Waals surface area contributed by atoms with Crippen LogP contribution in [0.3, 0.4) is 0 Å². The largest absolute Gasteiger partial charge is 0.0844 e. The Balaban J connectivity index is 1.52. The van der Waals surface area contributed by atoms with E-state index in [0.717, 1.165) is 0 Å². The van der Waals surface area contributed by atoms with Gasteiger partial charge in [-0.15, -0.1) is 0 Å². The van der Waals surface area contributed by atoms with Gasteiger partial charge < -0.3 is 0 Å². The molecule has 33 heavy (non-hydrogen) atoms. The van der Waals surface area contributed by atoms with E-state index in [1.54, 1.807) is 0 Å². The molecule has 0 N–H and O–H groups in total. The number of rotatable bonds is 6. The molecule has 1 saturated carbocycles. The van der Waals surface area contributed by atoms with Crippen LogP contribution >= 0.6 is 15.8 Å². The van der Waals surface area contributed by atoms with Gasteiger partial charge >= 0.3 is 0 Å². The van der Waals surface area contributed by atoms with E-state index in [-0.39, 0.29) is 0 Å². The highest BCUT2D eigenvalue weighted by Crippen LogP contribution is 2.64. The predicted molar refractivity (Wildman–Crippen MR) is 146 cm³/mol. The van der Waals surface area contributed by atoms with Crippen molar-refractivity contribution in [2.45, 2.75) is 17.7 Å². The molecule has 0 aliphatic heterocycles. The first-order valence-electron chi connectivity index (χ1n) is 11.9. The molecule has 4 aromatic carbocycles. The summed E-state index contributed by atoms with van der Waals surface area (Å²) in [6, 6.07) is 45.4. The normalized spacial score (nSPS) is 23.5. The molecule has 0 nitrogen and oxygen atoms in total. The molecule has 2 aliphatic rings. The molecule has 2 heteroatoms. The number of fused-ring (bicyclic) bond motifs is 2. The minimum absolute atomic E-state index is 0.454. The van der Waals surface area contributed by atoms with Crippen LogP contribution in [0.1, 0.15) is 6.42 Å². The summed E-state index contributed by atoms with van der Waals surface area (Å²) in [7, 11) is -0.909. The van der Waals surface area contributed by atoms with Crippen molar-refractivity contribution in [3.63, 3.8) is 0 Å². The smallest absolute Gasteiger partial charge is 0.00137 e. The highest BCUT2D eigenvalue weighted by molar-refractivity contribution is 7.77. The molecule has 0 unspecified atom stereocenters. The SMILES string of the molecule is C1=C[C@H]2C[C@@H]1[C@@H](P(c1ccccc1)c1ccccc1)[C@@H]2P(c1ccccc1)c1ccccc1. The Hall–Kier alpha value is -2.52. The summed E-state index contributed by atoms with van der Waals surface area (Å²) >= 11 is 0. The Morgan fingerprint density at radius 1 is 0.394 bits per heavy atom. The maximum Gasteiger partial charge on any atom is 0.00137 e. The Morgan fingerprint density at radius 3 is 0.939 bits per heavy atom. The van der Waals surface area contributed by atoms with Crippen LogP contribution in [0, 0.1) is 11.8 Å². The van der Waals surface area contributed by atoms with Gasteiger partial charge in [0.15, 0.2) is 0 Å². The lowest BCUT2D eigenvalue weighted by atomic mass is 10.1. The molecule has 6 rings (SSSR count). The van der Waals surface area contributed by atoms with Gasteiger partial charge in [-0.25, -0.2) is 0 Å². The van der Waals surface area contributed by atoms with E-state index in [4.69, 9.17) is 0 Å². The summed E-state index contributed by atoms with van der Waals surface area (Å²) in [4.78, 5) is 0. The molecule has 4 atom stereocenters. The number of hydrogen-bond acceptors (Lipinski definition) is 0. The van der Waals surface area contributed by atoms with E-state index in [1.165, 1.54) is 27.6 Å². The zero-order valence-corrected chi connectivity index (χ0v) is 20.4. The van der Waals surface area contributed by atoms with Crippen molar-refractivity contribution in [2.24, 2.45) is 11.8 Å². The lowest BCUT2D eigenvalue weighted by Crippen LogP contribution is -2.37. The van der Waals surface area contributed by atoms with E-state index < -0.39 is 15.8 Å². The van der Waals surface area contributed by atoms with Gasteiger partial charge in [0, 0.05) is 11.3 Å². The Bertz CT molecular complexity index is 1030. The van der Waals surface area contributed by atoms with Crippen molar-refractivity contribution >= 4 is 37.1 Å². The van der Waals surface area contributed by atoms with Gasteiger partial charge in [-0.1, -0.05) is 133 Å². The second-order valence-electron chi connectivity index (χ2n) is 9.01. The van der Waals surface area contributed by atoms with Crippen molar-refractivity contribution in [3.05, 3.63) is 133 Å². The zero-order chi connectivity index (χ0) is 22.0. The summed E-state index contributed by atoms with van der Waals surface area (Å²) in [5.74, 6) is 1.34. The Morgan fingerprint density at radius 2 is 0.667 bits per heavy atom. The van der Waals surface area contributed by atoms with Crippen LogP contribution < -0.4 is 21.2 Å². The van der Waals surface area contributed by atoms with Crippen LogP contribution in [-0.2, 0) is 0 Å². The Labute approximate surface area is 199 Å². The molecule has 0 radical (unpaired) electrons. The monoisotopic (exact) mass is 462 g/mol. The molecule has 0 amide bonds. The summed E-state index contributed by atoms with van der Waals surface area (Å²) in [5.41, 5.74) is 1.32. The van der Waals surface area contributed by atoms with Crippen LogP contribution in [0.4, 0.5) is 0 Å². The molecule has 4 aromatic rings. The van der Waals surface area contributed by atoms with Crippen molar-refractivity contribution < 1.29 is 0 Å². The number of allylic oxidation sites excluding steroid dienone is 2. The minimum atomic E-state index is -0.454. The van der Waals surface area contributed by atoms with Gasteiger partial charge in [0.1, 0.15) is 0 Å². The maximum absolute atomic E-state index is 2.55. The molecule has 2 aliphatic carbocycles. The van der Waals surface area contributed by atoms with E-state index >= 15 is 0 Å². The molecule has 0 saturated heterocycles.